The molecule has 0 radical (unpaired) electrons. The number of halogens is 1. The van der Waals surface area contributed by atoms with E-state index in [1.165, 1.54) is 0 Å². The maximum atomic E-state index is 6.22. The van der Waals surface area contributed by atoms with Gasteiger partial charge in [0.05, 0.1) is 7.11 Å². The van der Waals surface area contributed by atoms with Crippen LogP contribution in [0.4, 0.5) is 0 Å². The topological polar surface area (TPSA) is 35.2 Å². The highest BCUT2D eigenvalue weighted by Gasteiger charge is 2.12. The van der Waals surface area contributed by atoms with Crippen LogP contribution < -0.4 is 10.5 Å². The minimum atomic E-state index is -0.0425. The van der Waals surface area contributed by atoms with Crippen molar-refractivity contribution in [1.82, 2.24) is 0 Å². The zero-order chi connectivity index (χ0) is 13.1. The fraction of sp³-hybridized carbons (Fsp3) is 0.286. The molecule has 1 heterocycles. The third-order valence-corrected chi connectivity index (χ3v) is 4.24. The normalized spacial score (nSPS) is 12.4. The Kier molecular flexibility index (Phi) is 4.27. The van der Waals surface area contributed by atoms with Crippen LogP contribution in [0.15, 0.2) is 29.6 Å². The first kappa shape index (κ1) is 13.4. The average molecular weight is 282 g/mol. The molecule has 2 aromatic rings. The number of hydrogen-bond acceptors (Lipinski definition) is 3. The standard InChI is InChI=1S/C14H16ClNOS/c1-9-3-4-10(12(15)5-9)6-13(16)14-7-11(17-2)8-18-14/h3-5,7-8,13H,6,16H2,1-2H3. The number of rotatable bonds is 4. The van der Waals surface area contributed by atoms with Gasteiger partial charge in [-0.05, 0) is 36.6 Å². The van der Waals surface area contributed by atoms with Gasteiger partial charge in [0.15, 0.2) is 0 Å². The zero-order valence-corrected chi connectivity index (χ0v) is 12.0. The van der Waals surface area contributed by atoms with Gasteiger partial charge >= 0.3 is 0 Å². The van der Waals surface area contributed by atoms with Crippen molar-refractivity contribution >= 4 is 22.9 Å². The number of benzene rings is 1. The zero-order valence-electron chi connectivity index (χ0n) is 10.4. The van der Waals surface area contributed by atoms with Crippen LogP contribution in [0.2, 0.25) is 5.02 Å². The molecule has 1 aromatic carbocycles. The molecular weight excluding hydrogens is 266 g/mol. The summed E-state index contributed by atoms with van der Waals surface area (Å²) in [6.45, 7) is 2.03. The van der Waals surface area contributed by atoms with Crippen LogP contribution in [0.25, 0.3) is 0 Å². The number of aryl methyl sites for hydroxylation is 1. The fourth-order valence-corrected chi connectivity index (χ4v) is 2.96. The number of nitrogens with two attached hydrogens (primary N) is 1. The van der Waals surface area contributed by atoms with Crippen LogP contribution in [0.3, 0.4) is 0 Å². The Balaban J connectivity index is 2.13. The molecule has 2 rings (SSSR count). The Morgan fingerprint density at radius 2 is 2.17 bits per heavy atom. The minimum Gasteiger partial charge on any atom is -0.496 e. The van der Waals surface area contributed by atoms with E-state index in [-0.39, 0.29) is 6.04 Å². The van der Waals surface area contributed by atoms with E-state index >= 15 is 0 Å². The summed E-state index contributed by atoms with van der Waals surface area (Å²) in [6.07, 6.45) is 0.739. The van der Waals surface area contributed by atoms with Gasteiger partial charge < -0.3 is 10.5 Å². The SMILES string of the molecule is COc1csc(C(N)Cc2ccc(C)cc2Cl)c1. The summed E-state index contributed by atoms with van der Waals surface area (Å²) >= 11 is 7.83. The summed E-state index contributed by atoms with van der Waals surface area (Å²) in [4.78, 5) is 1.11. The molecule has 4 heteroatoms. The molecular formula is C14H16ClNOS. The van der Waals surface area contributed by atoms with Crippen molar-refractivity contribution in [3.63, 3.8) is 0 Å². The lowest BCUT2D eigenvalue weighted by Crippen LogP contribution is -2.12. The van der Waals surface area contributed by atoms with E-state index in [0.717, 1.165) is 33.2 Å². The predicted molar refractivity (Wildman–Crippen MR) is 77.7 cm³/mol. The van der Waals surface area contributed by atoms with Gasteiger partial charge in [-0.2, -0.15) is 0 Å². The second kappa shape index (κ2) is 5.74. The van der Waals surface area contributed by atoms with Crippen LogP contribution in [0, 0.1) is 6.92 Å². The van der Waals surface area contributed by atoms with Crippen LogP contribution >= 0.6 is 22.9 Å². The monoisotopic (exact) mass is 281 g/mol. The van der Waals surface area contributed by atoms with Gasteiger partial charge in [0.1, 0.15) is 5.75 Å². The van der Waals surface area contributed by atoms with Crippen molar-refractivity contribution in [1.29, 1.82) is 0 Å². The third-order valence-electron chi connectivity index (χ3n) is 2.85. The first-order valence-electron chi connectivity index (χ1n) is 5.73. The number of hydrogen-bond donors (Lipinski definition) is 1. The molecule has 0 bridgehead atoms. The van der Waals surface area contributed by atoms with Crippen molar-refractivity contribution in [3.8, 4) is 5.75 Å². The lowest BCUT2D eigenvalue weighted by atomic mass is 10.0. The fourth-order valence-electron chi connectivity index (χ4n) is 1.79. The summed E-state index contributed by atoms with van der Waals surface area (Å²) in [6, 6.07) is 8.01. The Bertz CT molecular complexity index is 538. The van der Waals surface area contributed by atoms with Gasteiger partial charge in [0.25, 0.3) is 0 Å². The molecule has 18 heavy (non-hydrogen) atoms. The van der Waals surface area contributed by atoms with Gasteiger partial charge in [-0.3, -0.25) is 0 Å². The smallest absolute Gasteiger partial charge is 0.129 e. The third kappa shape index (κ3) is 3.05. The van der Waals surface area contributed by atoms with E-state index in [4.69, 9.17) is 22.1 Å². The number of thiophene rings is 1. The van der Waals surface area contributed by atoms with Crippen molar-refractivity contribution in [2.45, 2.75) is 19.4 Å². The summed E-state index contributed by atoms with van der Waals surface area (Å²) in [5.74, 6) is 0.862. The molecule has 1 unspecified atom stereocenters. The largest absolute Gasteiger partial charge is 0.496 e. The van der Waals surface area contributed by atoms with E-state index in [9.17, 15) is 0 Å². The molecule has 0 aliphatic rings. The highest BCUT2D eigenvalue weighted by atomic mass is 35.5. The van der Waals surface area contributed by atoms with Gasteiger partial charge in [0.2, 0.25) is 0 Å². The van der Waals surface area contributed by atoms with Crippen LogP contribution in [-0.2, 0) is 6.42 Å². The maximum absolute atomic E-state index is 6.22. The van der Waals surface area contributed by atoms with Gasteiger partial charge in [0, 0.05) is 21.3 Å². The second-order valence-electron chi connectivity index (χ2n) is 4.29. The van der Waals surface area contributed by atoms with E-state index in [1.54, 1.807) is 18.4 Å². The Hall–Kier alpha value is -1.03. The maximum Gasteiger partial charge on any atom is 0.129 e. The quantitative estimate of drug-likeness (QED) is 0.921. The Morgan fingerprint density at radius 1 is 1.39 bits per heavy atom. The summed E-state index contributed by atoms with van der Waals surface area (Å²) < 4.78 is 5.16. The summed E-state index contributed by atoms with van der Waals surface area (Å²) in [7, 11) is 1.66. The molecule has 0 spiro atoms. The molecule has 0 saturated carbocycles. The van der Waals surface area contributed by atoms with Gasteiger partial charge in [-0.1, -0.05) is 23.7 Å². The summed E-state index contributed by atoms with van der Waals surface area (Å²) in [5, 5.41) is 2.75. The van der Waals surface area contributed by atoms with E-state index in [0.29, 0.717) is 0 Å². The molecule has 0 amide bonds. The van der Waals surface area contributed by atoms with E-state index < -0.39 is 0 Å². The lowest BCUT2D eigenvalue weighted by molar-refractivity contribution is 0.416. The van der Waals surface area contributed by atoms with Crippen molar-refractivity contribution in [3.05, 3.63) is 50.7 Å². The predicted octanol–water partition coefficient (Wildman–Crippen LogP) is 3.96. The number of ether oxygens (including phenoxy) is 1. The van der Waals surface area contributed by atoms with Crippen molar-refractivity contribution in [2.75, 3.05) is 7.11 Å². The van der Waals surface area contributed by atoms with Crippen LogP contribution in [-0.4, -0.2) is 7.11 Å². The Labute approximate surface area is 116 Å². The lowest BCUT2D eigenvalue weighted by Gasteiger charge is -2.11. The molecule has 0 fully saturated rings. The van der Waals surface area contributed by atoms with Gasteiger partial charge in [-0.15, -0.1) is 11.3 Å². The van der Waals surface area contributed by atoms with Crippen LogP contribution in [0.5, 0.6) is 5.75 Å². The van der Waals surface area contributed by atoms with E-state index in [1.807, 2.05) is 30.5 Å². The van der Waals surface area contributed by atoms with Crippen LogP contribution in [0.1, 0.15) is 22.0 Å². The molecule has 0 aliphatic heterocycles. The van der Waals surface area contributed by atoms with Crippen molar-refractivity contribution in [2.24, 2.45) is 5.73 Å². The van der Waals surface area contributed by atoms with Crippen molar-refractivity contribution < 1.29 is 4.74 Å². The average Bonchev–Trinajstić information content (AvgIpc) is 2.81. The first-order chi connectivity index (χ1) is 8.60. The van der Waals surface area contributed by atoms with E-state index in [2.05, 4.69) is 6.07 Å². The molecule has 0 aliphatic carbocycles. The molecule has 1 atom stereocenters. The highest BCUT2D eigenvalue weighted by molar-refractivity contribution is 7.10. The number of methoxy groups -OCH3 is 1. The minimum absolute atomic E-state index is 0.0425. The Morgan fingerprint density at radius 3 is 2.78 bits per heavy atom. The highest BCUT2D eigenvalue weighted by Crippen LogP contribution is 2.29. The molecule has 2 N–H and O–H groups in total. The summed E-state index contributed by atoms with van der Waals surface area (Å²) in [5.41, 5.74) is 8.45. The second-order valence-corrected chi connectivity index (χ2v) is 5.64. The molecule has 1 aromatic heterocycles. The molecule has 96 valence electrons. The first-order valence-corrected chi connectivity index (χ1v) is 6.99. The molecule has 0 saturated heterocycles. The van der Waals surface area contributed by atoms with Gasteiger partial charge in [-0.25, -0.2) is 0 Å². The molecule has 2 nitrogen and oxygen atoms in total.